The molecule has 0 aromatic heterocycles. The van der Waals surface area contributed by atoms with Gasteiger partial charge in [0, 0.05) is 10.4 Å². The van der Waals surface area contributed by atoms with E-state index in [1.54, 1.807) is 6.92 Å². The second-order valence-electron chi connectivity index (χ2n) is 2.79. The zero-order chi connectivity index (χ0) is 10.0. The fraction of sp³-hybridized carbons (Fsp3) is 0.333. The van der Waals surface area contributed by atoms with Gasteiger partial charge in [-0.25, -0.2) is 8.78 Å². The fourth-order valence-corrected chi connectivity index (χ4v) is 1.27. The molecule has 0 heterocycles. The maximum Gasteiger partial charge on any atom is 0.129 e. The molecule has 1 rings (SSSR count). The predicted molar refractivity (Wildman–Crippen MR) is 49.7 cm³/mol. The van der Waals surface area contributed by atoms with E-state index in [-0.39, 0.29) is 10.4 Å². The maximum atomic E-state index is 13.0. The van der Waals surface area contributed by atoms with E-state index >= 15 is 0 Å². The lowest BCUT2D eigenvalue weighted by Gasteiger charge is -2.13. The standard InChI is InChI=1S/C9H9BrF2O/c1-5(10)9(13)7-4-6(11)2-3-8(7)12/h2-5,9,13H,1H3. The van der Waals surface area contributed by atoms with Crippen molar-refractivity contribution in [2.24, 2.45) is 0 Å². The van der Waals surface area contributed by atoms with Gasteiger partial charge in [-0.05, 0) is 25.1 Å². The highest BCUT2D eigenvalue weighted by atomic mass is 79.9. The quantitative estimate of drug-likeness (QED) is 0.801. The first kappa shape index (κ1) is 10.6. The van der Waals surface area contributed by atoms with Crippen LogP contribution in [0.25, 0.3) is 0 Å². The van der Waals surface area contributed by atoms with E-state index in [1.165, 1.54) is 0 Å². The number of hydrogen-bond acceptors (Lipinski definition) is 1. The molecule has 2 unspecified atom stereocenters. The first-order chi connectivity index (χ1) is 6.02. The predicted octanol–water partition coefficient (Wildman–Crippen LogP) is 2.78. The highest BCUT2D eigenvalue weighted by Crippen LogP contribution is 2.24. The van der Waals surface area contributed by atoms with Crippen molar-refractivity contribution in [1.82, 2.24) is 0 Å². The van der Waals surface area contributed by atoms with E-state index in [4.69, 9.17) is 0 Å². The summed E-state index contributed by atoms with van der Waals surface area (Å²) in [6.45, 7) is 1.66. The van der Waals surface area contributed by atoms with Crippen LogP contribution in [-0.2, 0) is 0 Å². The van der Waals surface area contributed by atoms with Gasteiger partial charge >= 0.3 is 0 Å². The van der Waals surface area contributed by atoms with Crippen molar-refractivity contribution in [3.63, 3.8) is 0 Å². The molecule has 13 heavy (non-hydrogen) atoms. The molecule has 0 spiro atoms. The molecule has 0 aliphatic carbocycles. The minimum atomic E-state index is -1.03. The monoisotopic (exact) mass is 250 g/mol. The Bertz CT molecular complexity index is 302. The highest BCUT2D eigenvalue weighted by Gasteiger charge is 2.17. The van der Waals surface area contributed by atoms with Crippen LogP contribution in [0, 0.1) is 11.6 Å². The van der Waals surface area contributed by atoms with Gasteiger partial charge in [-0.15, -0.1) is 0 Å². The molecule has 0 saturated heterocycles. The summed E-state index contributed by atoms with van der Waals surface area (Å²) in [5.74, 6) is -1.15. The van der Waals surface area contributed by atoms with Gasteiger partial charge in [-0.2, -0.15) is 0 Å². The van der Waals surface area contributed by atoms with Crippen molar-refractivity contribution in [2.75, 3.05) is 0 Å². The van der Waals surface area contributed by atoms with E-state index in [0.29, 0.717) is 0 Å². The summed E-state index contributed by atoms with van der Waals surface area (Å²) < 4.78 is 25.7. The van der Waals surface area contributed by atoms with Gasteiger partial charge in [0.1, 0.15) is 11.6 Å². The zero-order valence-electron chi connectivity index (χ0n) is 6.97. The molecule has 2 atom stereocenters. The van der Waals surface area contributed by atoms with Crippen LogP contribution in [0.1, 0.15) is 18.6 Å². The molecule has 1 N–H and O–H groups in total. The first-order valence-electron chi connectivity index (χ1n) is 3.79. The molecule has 0 saturated carbocycles. The van der Waals surface area contributed by atoms with E-state index in [0.717, 1.165) is 18.2 Å². The van der Waals surface area contributed by atoms with Crippen molar-refractivity contribution in [1.29, 1.82) is 0 Å². The number of hydrogen-bond donors (Lipinski definition) is 1. The van der Waals surface area contributed by atoms with Crippen LogP contribution in [0.2, 0.25) is 0 Å². The molecule has 0 aliphatic heterocycles. The zero-order valence-corrected chi connectivity index (χ0v) is 8.55. The van der Waals surface area contributed by atoms with E-state index in [9.17, 15) is 13.9 Å². The summed E-state index contributed by atoms with van der Waals surface area (Å²) in [7, 11) is 0. The molecule has 0 fully saturated rings. The summed E-state index contributed by atoms with van der Waals surface area (Å²) in [5.41, 5.74) is -0.0237. The van der Waals surface area contributed by atoms with Crippen LogP contribution in [0.3, 0.4) is 0 Å². The molecule has 1 nitrogen and oxygen atoms in total. The van der Waals surface area contributed by atoms with Gasteiger partial charge in [0.2, 0.25) is 0 Å². The SMILES string of the molecule is CC(Br)C(O)c1cc(F)ccc1F. The second-order valence-corrected chi connectivity index (χ2v) is 4.23. The summed E-state index contributed by atoms with van der Waals surface area (Å²) >= 11 is 3.10. The van der Waals surface area contributed by atoms with Crippen LogP contribution in [0.4, 0.5) is 8.78 Å². The van der Waals surface area contributed by atoms with E-state index in [2.05, 4.69) is 15.9 Å². The summed E-state index contributed by atoms with van der Waals surface area (Å²) in [4.78, 5) is -0.316. The van der Waals surface area contributed by atoms with Gasteiger partial charge in [0.05, 0.1) is 6.10 Å². The van der Waals surface area contributed by atoms with Crippen LogP contribution in [0.5, 0.6) is 0 Å². The Balaban J connectivity index is 3.05. The largest absolute Gasteiger partial charge is 0.387 e. The average Bonchev–Trinajstić information content (AvgIpc) is 2.08. The van der Waals surface area contributed by atoms with Crippen molar-refractivity contribution in [2.45, 2.75) is 17.9 Å². The van der Waals surface area contributed by atoms with Crippen molar-refractivity contribution < 1.29 is 13.9 Å². The Labute approximate surface area is 83.5 Å². The topological polar surface area (TPSA) is 20.2 Å². The molecular weight excluding hydrogens is 242 g/mol. The fourth-order valence-electron chi connectivity index (χ4n) is 0.989. The smallest absolute Gasteiger partial charge is 0.129 e. The number of alkyl halides is 1. The lowest BCUT2D eigenvalue weighted by molar-refractivity contribution is 0.176. The molecule has 0 amide bonds. The van der Waals surface area contributed by atoms with Crippen LogP contribution in [0.15, 0.2) is 18.2 Å². The number of rotatable bonds is 2. The molecule has 4 heteroatoms. The Morgan fingerprint density at radius 2 is 2.00 bits per heavy atom. The Morgan fingerprint density at radius 1 is 1.38 bits per heavy atom. The van der Waals surface area contributed by atoms with Crippen molar-refractivity contribution in [3.05, 3.63) is 35.4 Å². The molecule has 72 valence electrons. The minimum Gasteiger partial charge on any atom is -0.387 e. The Kier molecular flexibility index (Phi) is 3.39. The second kappa shape index (κ2) is 4.15. The summed E-state index contributed by atoms with van der Waals surface area (Å²) in [6.07, 6.45) is -1.03. The molecule has 0 bridgehead atoms. The molecule has 1 aromatic rings. The van der Waals surface area contributed by atoms with E-state index < -0.39 is 17.7 Å². The molecule has 1 aromatic carbocycles. The normalized spacial score (nSPS) is 15.5. The number of aliphatic hydroxyl groups is 1. The Hall–Kier alpha value is -0.480. The molecule has 0 aliphatic rings. The van der Waals surface area contributed by atoms with Crippen molar-refractivity contribution >= 4 is 15.9 Å². The van der Waals surface area contributed by atoms with Gasteiger partial charge in [-0.3, -0.25) is 0 Å². The third-order valence-corrected chi connectivity index (χ3v) is 2.21. The first-order valence-corrected chi connectivity index (χ1v) is 4.71. The van der Waals surface area contributed by atoms with Crippen molar-refractivity contribution in [3.8, 4) is 0 Å². The van der Waals surface area contributed by atoms with Gasteiger partial charge in [-0.1, -0.05) is 15.9 Å². The third kappa shape index (κ3) is 2.48. The summed E-state index contributed by atoms with van der Waals surface area (Å²) in [5, 5.41) is 9.45. The highest BCUT2D eigenvalue weighted by molar-refractivity contribution is 9.09. The lowest BCUT2D eigenvalue weighted by atomic mass is 10.1. The number of aliphatic hydroxyl groups excluding tert-OH is 1. The van der Waals surface area contributed by atoms with E-state index in [1.807, 2.05) is 0 Å². The number of benzene rings is 1. The lowest BCUT2D eigenvalue weighted by Crippen LogP contribution is -2.10. The number of halogens is 3. The average molecular weight is 251 g/mol. The van der Waals surface area contributed by atoms with Gasteiger partial charge < -0.3 is 5.11 Å². The molecule has 0 radical (unpaired) electrons. The van der Waals surface area contributed by atoms with Crippen LogP contribution >= 0.6 is 15.9 Å². The van der Waals surface area contributed by atoms with Gasteiger partial charge in [0.15, 0.2) is 0 Å². The third-order valence-electron chi connectivity index (χ3n) is 1.71. The minimum absolute atomic E-state index is 0.0237. The van der Waals surface area contributed by atoms with Gasteiger partial charge in [0.25, 0.3) is 0 Å². The van der Waals surface area contributed by atoms with Crippen LogP contribution in [-0.4, -0.2) is 9.93 Å². The maximum absolute atomic E-state index is 13.0. The molecular formula is C9H9BrF2O. The summed E-state index contributed by atoms with van der Waals surface area (Å²) in [6, 6.07) is 3.02. The van der Waals surface area contributed by atoms with Crippen LogP contribution < -0.4 is 0 Å². The Morgan fingerprint density at radius 3 is 2.54 bits per heavy atom.